The van der Waals surface area contributed by atoms with Crippen LogP contribution in [0.3, 0.4) is 0 Å². The monoisotopic (exact) mass is 686 g/mol. The van der Waals surface area contributed by atoms with Gasteiger partial charge in [0.25, 0.3) is 10.1 Å². The average molecular weight is 687 g/mol. The first-order chi connectivity index (χ1) is 20.1. The number of hydrogen-bond acceptors (Lipinski definition) is 4. The number of carboxylic acids is 2. The third-order valence-corrected chi connectivity index (χ3v) is 10.9. The van der Waals surface area contributed by atoms with E-state index in [0.717, 1.165) is 109 Å². The Morgan fingerprint density at radius 3 is 0.932 bits per heavy atom. The molecule has 0 saturated heterocycles. The van der Waals surface area contributed by atoms with Gasteiger partial charge in [0.05, 0.1) is 0 Å². The fourth-order valence-electron chi connectivity index (χ4n) is 6.58. The lowest BCUT2D eigenvalue weighted by Crippen LogP contribution is -2.62. The Balaban J connectivity index is -0.00000840. The highest BCUT2D eigenvalue weighted by Crippen LogP contribution is 2.50. The first-order valence-electron chi connectivity index (χ1n) is 17.5. The second kappa shape index (κ2) is 28.9. The number of carbonyl (C=O) groups is 2. The molecule has 0 aliphatic carbocycles. The summed E-state index contributed by atoms with van der Waals surface area (Å²) in [6, 6.07) is 0. The maximum atomic E-state index is 13.1. The summed E-state index contributed by atoms with van der Waals surface area (Å²) in [5.41, 5.74) is -2.07. The van der Waals surface area contributed by atoms with Gasteiger partial charge < -0.3 is 10.2 Å². The molecule has 0 rings (SSSR count). The lowest BCUT2D eigenvalue weighted by Gasteiger charge is -2.43. The van der Waals surface area contributed by atoms with Gasteiger partial charge in [-0.15, -0.1) is 0 Å². The molecule has 3 unspecified atom stereocenters. The van der Waals surface area contributed by atoms with E-state index in [2.05, 4.69) is 20.8 Å². The molecule has 0 bridgehead atoms. The highest BCUT2D eigenvalue weighted by molar-refractivity contribution is 7.88. The van der Waals surface area contributed by atoms with Crippen LogP contribution in [0.25, 0.3) is 0 Å². The molecule has 0 spiro atoms. The molecule has 0 amide bonds. The van der Waals surface area contributed by atoms with Gasteiger partial charge in [-0.3, -0.25) is 14.1 Å². The minimum absolute atomic E-state index is 0. The summed E-state index contributed by atoms with van der Waals surface area (Å²) >= 11 is 0. The summed E-state index contributed by atoms with van der Waals surface area (Å²) in [4.78, 5) is 26.0. The van der Waals surface area contributed by atoms with E-state index >= 15 is 0 Å². The van der Waals surface area contributed by atoms with Gasteiger partial charge in [-0.2, -0.15) is 28.2 Å². The standard InChI is InChI=1S/C34H66O7S.2H3P/c1-4-7-10-13-16-19-22-25-28-33(31(35)36,29-26-23-20-17-14-11-8-5-2)34(32(37)38,42(39,40)41)30-27-24-21-18-15-12-9-6-3;;/h4-30H2,1-3H3,(H,35,36)(H,37,38)(H,39,40,41);2*1H3. The molecule has 0 heterocycles. The van der Waals surface area contributed by atoms with Gasteiger partial charge >= 0.3 is 11.9 Å². The molecule has 10 heteroatoms. The van der Waals surface area contributed by atoms with E-state index in [0.29, 0.717) is 19.3 Å². The molecule has 0 fully saturated rings. The van der Waals surface area contributed by atoms with E-state index in [9.17, 15) is 32.8 Å². The van der Waals surface area contributed by atoms with E-state index in [4.69, 9.17) is 0 Å². The molecule has 0 aliphatic heterocycles. The quantitative estimate of drug-likeness (QED) is 0.0376. The zero-order chi connectivity index (χ0) is 31.7. The van der Waals surface area contributed by atoms with Crippen LogP contribution in [-0.4, -0.2) is 39.9 Å². The SMILES string of the molecule is CCCCCCCCCCC(CCCCCCCCCC)(C(=O)O)C(CCCCCCCCCC)(C(=O)O)S(=O)(=O)O.P.P. The molecular weight excluding hydrogens is 614 g/mol. The van der Waals surface area contributed by atoms with Crippen LogP contribution in [0.15, 0.2) is 0 Å². The molecule has 7 nitrogen and oxygen atoms in total. The van der Waals surface area contributed by atoms with Crippen LogP contribution >= 0.6 is 19.8 Å². The van der Waals surface area contributed by atoms with Crippen molar-refractivity contribution >= 4 is 41.9 Å². The van der Waals surface area contributed by atoms with Crippen molar-refractivity contribution in [2.75, 3.05) is 0 Å². The highest BCUT2D eigenvalue weighted by atomic mass is 32.2. The molecule has 0 aromatic rings. The van der Waals surface area contributed by atoms with Gasteiger partial charge in [-0.25, -0.2) is 0 Å². The van der Waals surface area contributed by atoms with E-state index in [1.165, 1.54) is 19.3 Å². The van der Waals surface area contributed by atoms with Gasteiger partial charge in [0.15, 0.2) is 0 Å². The van der Waals surface area contributed by atoms with Crippen molar-refractivity contribution < 1.29 is 32.8 Å². The lowest BCUT2D eigenvalue weighted by atomic mass is 9.65. The van der Waals surface area contributed by atoms with Gasteiger partial charge in [0, 0.05) is 0 Å². The summed E-state index contributed by atoms with van der Waals surface area (Å²) in [5, 5.41) is 21.1. The summed E-state index contributed by atoms with van der Waals surface area (Å²) in [6.07, 6.45) is 22.1. The fraction of sp³-hybridized carbons (Fsp3) is 0.941. The molecular formula is C34H72O7P2S. The van der Waals surface area contributed by atoms with Crippen LogP contribution in [0.1, 0.15) is 194 Å². The van der Waals surface area contributed by atoms with Gasteiger partial charge in [-0.05, 0) is 19.3 Å². The number of hydrogen-bond donors (Lipinski definition) is 3. The van der Waals surface area contributed by atoms with Crippen molar-refractivity contribution in [2.45, 2.75) is 199 Å². The smallest absolute Gasteiger partial charge is 0.328 e. The van der Waals surface area contributed by atoms with Crippen LogP contribution in [0.5, 0.6) is 0 Å². The van der Waals surface area contributed by atoms with Crippen molar-refractivity contribution in [1.29, 1.82) is 0 Å². The van der Waals surface area contributed by atoms with Crippen molar-refractivity contribution in [3.63, 3.8) is 0 Å². The predicted molar refractivity (Wildman–Crippen MR) is 196 cm³/mol. The van der Waals surface area contributed by atoms with Crippen LogP contribution in [0.2, 0.25) is 0 Å². The minimum atomic E-state index is -5.23. The molecule has 0 aromatic carbocycles. The summed E-state index contributed by atoms with van der Waals surface area (Å²) in [5.74, 6) is -3.14. The van der Waals surface area contributed by atoms with E-state index < -0.39 is 32.2 Å². The Morgan fingerprint density at radius 1 is 0.455 bits per heavy atom. The molecule has 3 N–H and O–H groups in total. The topological polar surface area (TPSA) is 129 Å². The first-order valence-corrected chi connectivity index (χ1v) is 18.9. The maximum Gasteiger partial charge on any atom is 0.328 e. The van der Waals surface area contributed by atoms with Crippen LogP contribution < -0.4 is 0 Å². The summed E-state index contributed by atoms with van der Waals surface area (Å²) in [6.45, 7) is 6.47. The molecule has 0 aromatic heterocycles. The van der Waals surface area contributed by atoms with Crippen molar-refractivity contribution in [1.82, 2.24) is 0 Å². The predicted octanol–water partition coefficient (Wildman–Crippen LogP) is 10.5. The van der Waals surface area contributed by atoms with Crippen LogP contribution in [0, 0.1) is 5.41 Å². The van der Waals surface area contributed by atoms with Gasteiger partial charge in [0.1, 0.15) is 5.41 Å². The third-order valence-electron chi connectivity index (χ3n) is 9.26. The van der Waals surface area contributed by atoms with Gasteiger partial charge in [-0.1, -0.05) is 175 Å². The van der Waals surface area contributed by atoms with E-state index in [1.54, 1.807) is 0 Å². The Labute approximate surface area is 278 Å². The Kier molecular flexibility index (Phi) is 31.6. The highest BCUT2D eigenvalue weighted by Gasteiger charge is 2.67. The largest absolute Gasteiger partial charge is 0.481 e. The number of rotatable bonds is 31. The zero-order valence-electron chi connectivity index (χ0n) is 28.9. The summed E-state index contributed by atoms with van der Waals surface area (Å²) in [7, 11) is -5.23. The second-order valence-corrected chi connectivity index (χ2v) is 14.3. The Morgan fingerprint density at radius 2 is 0.705 bits per heavy atom. The van der Waals surface area contributed by atoms with Crippen molar-refractivity contribution in [3.05, 3.63) is 0 Å². The number of unbranched alkanes of at least 4 members (excludes halogenated alkanes) is 21. The Hall–Kier alpha value is -0.290. The second-order valence-electron chi connectivity index (χ2n) is 12.7. The van der Waals surface area contributed by atoms with E-state index in [-0.39, 0.29) is 45.5 Å². The fourth-order valence-corrected chi connectivity index (χ4v) is 7.99. The third kappa shape index (κ3) is 17.6. The van der Waals surface area contributed by atoms with Crippen molar-refractivity contribution in [2.24, 2.45) is 5.41 Å². The van der Waals surface area contributed by atoms with Crippen LogP contribution in [0.4, 0.5) is 0 Å². The molecule has 44 heavy (non-hydrogen) atoms. The average Bonchev–Trinajstić information content (AvgIpc) is 2.93. The zero-order valence-corrected chi connectivity index (χ0v) is 32.5. The first kappa shape index (κ1) is 48.1. The maximum absolute atomic E-state index is 13.1. The Bertz CT molecular complexity index is 787. The number of aliphatic carboxylic acids is 2. The molecule has 0 aliphatic rings. The molecule has 0 radical (unpaired) electrons. The lowest BCUT2D eigenvalue weighted by molar-refractivity contribution is -0.162. The van der Waals surface area contributed by atoms with Gasteiger partial charge in [0.2, 0.25) is 4.75 Å². The molecule has 0 saturated carbocycles. The van der Waals surface area contributed by atoms with Crippen molar-refractivity contribution in [3.8, 4) is 0 Å². The summed E-state index contributed by atoms with van der Waals surface area (Å²) < 4.78 is 33.9. The molecule has 266 valence electrons. The number of carboxylic acid groups (broad SMARTS) is 2. The molecule has 3 atom stereocenters. The minimum Gasteiger partial charge on any atom is -0.481 e. The normalized spacial score (nSPS) is 13.1. The van der Waals surface area contributed by atoms with Crippen LogP contribution in [-0.2, 0) is 19.7 Å². The van der Waals surface area contributed by atoms with E-state index in [1.807, 2.05) is 0 Å².